The van der Waals surface area contributed by atoms with Crippen LogP contribution in [0.4, 0.5) is 4.79 Å². The molecule has 1 rings (SSSR count). The number of carbonyl (C=O) groups is 3. The van der Waals surface area contributed by atoms with Gasteiger partial charge in [0.05, 0.1) is 18.4 Å². The highest BCUT2D eigenvalue weighted by molar-refractivity contribution is 5.84. The lowest BCUT2D eigenvalue weighted by atomic mass is 9.96. The number of nitrogens with zero attached hydrogens (tertiary/aromatic N) is 1. The van der Waals surface area contributed by atoms with E-state index in [-0.39, 0.29) is 19.7 Å². The van der Waals surface area contributed by atoms with E-state index in [1.165, 1.54) is 4.90 Å². The van der Waals surface area contributed by atoms with Crippen LogP contribution >= 0.6 is 0 Å². The van der Waals surface area contributed by atoms with Crippen molar-refractivity contribution in [1.82, 2.24) is 4.90 Å². The molecule has 0 bridgehead atoms. The Morgan fingerprint density at radius 1 is 1.20 bits per heavy atom. The van der Waals surface area contributed by atoms with Gasteiger partial charge in [0, 0.05) is 13.1 Å². The van der Waals surface area contributed by atoms with E-state index in [0.717, 1.165) is 0 Å². The summed E-state index contributed by atoms with van der Waals surface area (Å²) in [5, 5.41) is 9.15. The fourth-order valence-electron chi connectivity index (χ4n) is 2.02. The summed E-state index contributed by atoms with van der Waals surface area (Å²) in [6, 6.07) is 0. The number of likely N-dealkylation sites (tertiary alicyclic amines) is 1. The van der Waals surface area contributed by atoms with Crippen molar-refractivity contribution in [2.75, 3.05) is 19.7 Å². The van der Waals surface area contributed by atoms with Gasteiger partial charge >= 0.3 is 18.0 Å². The number of carboxylic acids is 1. The molecule has 1 N–H and O–H groups in total. The summed E-state index contributed by atoms with van der Waals surface area (Å²) >= 11 is 0. The zero-order valence-corrected chi connectivity index (χ0v) is 12.2. The molecule has 0 radical (unpaired) electrons. The Hall–Kier alpha value is -1.79. The molecule has 7 nitrogen and oxygen atoms in total. The summed E-state index contributed by atoms with van der Waals surface area (Å²) in [5.74, 6) is -3.51. The molecule has 20 heavy (non-hydrogen) atoms. The molecule has 1 aliphatic rings. The number of hydrogen-bond acceptors (Lipinski definition) is 5. The molecule has 2 atom stereocenters. The van der Waals surface area contributed by atoms with E-state index in [9.17, 15) is 14.4 Å². The first kappa shape index (κ1) is 16.3. The number of amides is 1. The first-order chi connectivity index (χ1) is 9.15. The predicted molar refractivity (Wildman–Crippen MR) is 69.1 cm³/mol. The highest BCUT2D eigenvalue weighted by Crippen LogP contribution is 2.26. The Morgan fingerprint density at radius 3 is 2.20 bits per heavy atom. The van der Waals surface area contributed by atoms with Gasteiger partial charge < -0.3 is 19.5 Å². The summed E-state index contributed by atoms with van der Waals surface area (Å²) in [6.07, 6.45) is -0.615. The van der Waals surface area contributed by atoms with Gasteiger partial charge in [-0.15, -0.1) is 0 Å². The van der Waals surface area contributed by atoms with Crippen LogP contribution in [-0.4, -0.2) is 53.3 Å². The molecule has 1 fully saturated rings. The fourth-order valence-corrected chi connectivity index (χ4v) is 2.02. The third kappa shape index (κ3) is 4.11. The van der Waals surface area contributed by atoms with E-state index in [4.69, 9.17) is 14.6 Å². The number of rotatable bonds is 3. The average Bonchev–Trinajstić information content (AvgIpc) is 2.71. The van der Waals surface area contributed by atoms with Crippen molar-refractivity contribution < 1.29 is 29.0 Å². The third-order valence-corrected chi connectivity index (χ3v) is 2.88. The summed E-state index contributed by atoms with van der Waals surface area (Å²) in [6.45, 7) is 6.94. The summed E-state index contributed by atoms with van der Waals surface area (Å²) in [4.78, 5) is 36.1. The van der Waals surface area contributed by atoms with Gasteiger partial charge in [-0.05, 0) is 27.7 Å². The molecular weight excluding hydrogens is 266 g/mol. The highest BCUT2D eigenvalue weighted by Gasteiger charge is 2.45. The van der Waals surface area contributed by atoms with Crippen LogP contribution in [0.5, 0.6) is 0 Å². The van der Waals surface area contributed by atoms with Crippen LogP contribution in [0.3, 0.4) is 0 Å². The van der Waals surface area contributed by atoms with Gasteiger partial charge in [0.15, 0.2) is 0 Å². The summed E-state index contributed by atoms with van der Waals surface area (Å²) < 4.78 is 10.0. The lowest BCUT2D eigenvalue weighted by molar-refractivity contribution is -0.155. The van der Waals surface area contributed by atoms with Crippen LogP contribution < -0.4 is 0 Å². The maximum atomic E-state index is 11.9. The van der Waals surface area contributed by atoms with Crippen LogP contribution in [0.1, 0.15) is 27.7 Å². The van der Waals surface area contributed by atoms with E-state index in [1.54, 1.807) is 27.7 Å². The predicted octanol–water partition coefficient (Wildman–Crippen LogP) is 1.12. The molecule has 0 aliphatic carbocycles. The van der Waals surface area contributed by atoms with E-state index in [2.05, 4.69) is 0 Å². The van der Waals surface area contributed by atoms with E-state index in [1.807, 2.05) is 0 Å². The first-order valence-electron chi connectivity index (χ1n) is 6.53. The second kappa shape index (κ2) is 6.11. The molecule has 7 heteroatoms. The zero-order chi connectivity index (χ0) is 15.5. The lowest BCUT2D eigenvalue weighted by Gasteiger charge is -2.24. The van der Waals surface area contributed by atoms with Crippen LogP contribution in [0.15, 0.2) is 0 Å². The molecule has 0 spiro atoms. The van der Waals surface area contributed by atoms with Crippen molar-refractivity contribution in [2.24, 2.45) is 11.8 Å². The van der Waals surface area contributed by atoms with Crippen molar-refractivity contribution >= 4 is 18.0 Å². The summed E-state index contributed by atoms with van der Waals surface area (Å²) in [7, 11) is 0. The van der Waals surface area contributed by atoms with E-state index < -0.39 is 35.5 Å². The molecule has 0 aromatic heterocycles. The number of aliphatic carboxylic acids is 1. The van der Waals surface area contributed by atoms with Crippen LogP contribution in [0, 0.1) is 11.8 Å². The quantitative estimate of drug-likeness (QED) is 0.782. The molecule has 2 unspecified atom stereocenters. The molecular formula is C13H21NO6. The third-order valence-electron chi connectivity index (χ3n) is 2.88. The van der Waals surface area contributed by atoms with E-state index in [0.29, 0.717) is 0 Å². The molecule has 1 amide bonds. The molecule has 114 valence electrons. The minimum Gasteiger partial charge on any atom is -0.481 e. The fraction of sp³-hybridized carbons (Fsp3) is 0.769. The maximum Gasteiger partial charge on any atom is 0.410 e. The van der Waals surface area contributed by atoms with Crippen molar-refractivity contribution in [3.63, 3.8) is 0 Å². The normalized spacial score (nSPS) is 22.5. The number of ether oxygens (including phenoxy) is 2. The standard InChI is InChI=1S/C13H21NO6/c1-5-19-11(17)9-7-14(6-8(9)10(15)16)12(18)20-13(2,3)4/h8-9H,5-7H2,1-4H3,(H,15,16). The second-order valence-corrected chi connectivity index (χ2v) is 5.69. The molecule has 1 heterocycles. The average molecular weight is 287 g/mol. The minimum absolute atomic E-state index is 0.00468. The Morgan fingerprint density at radius 2 is 1.75 bits per heavy atom. The zero-order valence-electron chi connectivity index (χ0n) is 12.2. The number of hydrogen-bond donors (Lipinski definition) is 1. The van der Waals surface area contributed by atoms with Crippen molar-refractivity contribution in [1.29, 1.82) is 0 Å². The summed E-state index contributed by atoms with van der Waals surface area (Å²) in [5.41, 5.74) is -0.669. The van der Waals surface area contributed by atoms with Gasteiger partial charge in [0.1, 0.15) is 5.60 Å². The minimum atomic E-state index is -1.12. The Labute approximate surface area is 117 Å². The van der Waals surface area contributed by atoms with Gasteiger partial charge in [0.25, 0.3) is 0 Å². The maximum absolute atomic E-state index is 11.9. The van der Waals surface area contributed by atoms with Gasteiger partial charge in [-0.25, -0.2) is 4.79 Å². The van der Waals surface area contributed by atoms with Gasteiger partial charge in [-0.1, -0.05) is 0 Å². The Kier molecular flexibility index (Phi) is 4.97. The van der Waals surface area contributed by atoms with Crippen molar-refractivity contribution in [3.8, 4) is 0 Å². The van der Waals surface area contributed by atoms with E-state index >= 15 is 0 Å². The van der Waals surface area contributed by atoms with Gasteiger partial charge in [0.2, 0.25) is 0 Å². The highest BCUT2D eigenvalue weighted by atomic mass is 16.6. The Balaban J connectivity index is 2.77. The lowest BCUT2D eigenvalue weighted by Crippen LogP contribution is -2.36. The topological polar surface area (TPSA) is 93.1 Å². The van der Waals surface area contributed by atoms with Gasteiger partial charge in [-0.2, -0.15) is 0 Å². The number of esters is 1. The Bertz CT molecular complexity index is 400. The molecule has 1 aliphatic heterocycles. The second-order valence-electron chi connectivity index (χ2n) is 5.69. The van der Waals surface area contributed by atoms with Crippen LogP contribution in [0.2, 0.25) is 0 Å². The van der Waals surface area contributed by atoms with Crippen LogP contribution in [0.25, 0.3) is 0 Å². The number of carbonyl (C=O) groups excluding carboxylic acids is 2. The van der Waals surface area contributed by atoms with Crippen LogP contribution in [-0.2, 0) is 19.1 Å². The smallest absolute Gasteiger partial charge is 0.410 e. The largest absolute Gasteiger partial charge is 0.481 e. The molecule has 0 saturated carbocycles. The van der Waals surface area contributed by atoms with Crippen molar-refractivity contribution in [3.05, 3.63) is 0 Å². The first-order valence-corrected chi connectivity index (χ1v) is 6.53. The molecule has 0 aromatic carbocycles. The SMILES string of the molecule is CCOC(=O)C1CN(C(=O)OC(C)(C)C)CC1C(=O)O. The van der Waals surface area contributed by atoms with Gasteiger partial charge in [-0.3, -0.25) is 9.59 Å². The van der Waals surface area contributed by atoms with Crippen molar-refractivity contribution in [2.45, 2.75) is 33.3 Å². The molecule has 1 saturated heterocycles. The number of carboxylic acid groups (broad SMARTS) is 1. The molecule has 0 aromatic rings. The monoisotopic (exact) mass is 287 g/mol.